The molecule has 0 aromatic heterocycles. The summed E-state index contributed by atoms with van der Waals surface area (Å²) in [6.45, 7) is 4.50. The summed E-state index contributed by atoms with van der Waals surface area (Å²) in [7, 11) is 1.65. The summed E-state index contributed by atoms with van der Waals surface area (Å²) in [5.41, 5.74) is 5.62. The van der Waals surface area contributed by atoms with Crippen LogP contribution in [0.5, 0.6) is 0 Å². The van der Waals surface area contributed by atoms with Gasteiger partial charge in [0, 0.05) is 26.2 Å². The Kier molecular flexibility index (Phi) is 4.31. The summed E-state index contributed by atoms with van der Waals surface area (Å²) in [5, 5.41) is 2.64. The molecule has 1 fully saturated rings. The molecule has 1 aliphatic rings. The van der Waals surface area contributed by atoms with Crippen molar-refractivity contribution in [3.8, 4) is 0 Å². The van der Waals surface area contributed by atoms with E-state index in [2.05, 4.69) is 10.2 Å². The van der Waals surface area contributed by atoms with Crippen LogP contribution in [0.1, 0.15) is 6.92 Å². The van der Waals surface area contributed by atoms with Crippen molar-refractivity contribution in [3.05, 3.63) is 0 Å². The molecule has 1 aliphatic heterocycles. The van der Waals surface area contributed by atoms with Crippen molar-refractivity contribution >= 4 is 5.91 Å². The number of nitrogens with zero attached hydrogens (tertiary/aromatic N) is 1. The molecule has 0 spiro atoms. The summed E-state index contributed by atoms with van der Waals surface area (Å²) < 4.78 is 5.31. The van der Waals surface area contributed by atoms with Gasteiger partial charge >= 0.3 is 0 Å². The highest BCUT2D eigenvalue weighted by Crippen LogP contribution is 2.10. The quantitative estimate of drug-likeness (QED) is 0.600. The summed E-state index contributed by atoms with van der Waals surface area (Å²) in [4.78, 5) is 13.5. The van der Waals surface area contributed by atoms with E-state index in [0.717, 1.165) is 6.54 Å². The van der Waals surface area contributed by atoms with Crippen molar-refractivity contribution < 1.29 is 9.53 Å². The van der Waals surface area contributed by atoms with Crippen LogP contribution >= 0.6 is 0 Å². The van der Waals surface area contributed by atoms with E-state index < -0.39 is 0 Å². The molecular formula is C9H19N3O2. The van der Waals surface area contributed by atoms with Crippen LogP contribution in [0.4, 0.5) is 0 Å². The number of ether oxygens (including phenoxy) is 1. The number of nitrogens with one attached hydrogen (secondary N) is 1. The van der Waals surface area contributed by atoms with E-state index >= 15 is 0 Å². The Morgan fingerprint density at radius 3 is 3.07 bits per heavy atom. The van der Waals surface area contributed by atoms with Crippen molar-refractivity contribution in [2.75, 3.05) is 33.4 Å². The van der Waals surface area contributed by atoms with Crippen LogP contribution in [0.2, 0.25) is 0 Å². The molecule has 1 heterocycles. The molecule has 0 aromatic rings. The Bertz CT molecular complexity index is 198. The Hall–Kier alpha value is -0.650. The number of rotatable bonds is 3. The molecule has 3 N–H and O–H groups in total. The second kappa shape index (κ2) is 5.29. The van der Waals surface area contributed by atoms with Crippen molar-refractivity contribution in [1.82, 2.24) is 10.2 Å². The van der Waals surface area contributed by atoms with Crippen molar-refractivity contribution in [2.24, 2.45) is 5.73 Å². The summed E-state index contributed by atoms with van der Waals surface area (Å²) >= 11 is 0. The third-order valence-corrected chi connectivity index (χ3v) is 2.67. The van der Waals surface area contributed by atoms with Gasteiger partial charge in [0.25, 0.3) is 0 Å². The molecule has 0 aromatic carbocycles. The number of hydrogen-bond acceptors (Lipinski definition) is 4. The maximum atomic E-state index is 11.4. The highest BCUT2D eigenvalue weighted by molar-refractivity contribution is 5.81. The van der Waals surface area contributed by atoms with Crippen LogP contribution in [0.25, 0.3) is 0 Å². The standard InChI is InChI=1S/C9H19N3O2/c1-7(9(13)11-2)12-3-4-14-6-8(12)5-10/h7-8H,3-6,10H2,1-2H3,(H,11,13). The topological polar surface area (TPSA) is 67.6 Å². The molecule has 1 amide bonds. The van der Waals surface area contributed by atoms with Crippen molar-refractivity contribution in [3.63, 3.8) is 0 Å². The molecular weight excluding hydrogens is 182 g/mol. The van der Waals surface area contributed by atoms with Gasteiger partial charge in [-0.05, 0) is 6.92 Å². The number of nitrogens with two attached hydrogens (primary N) is 1. The highest BCUT2D eigenvalue weighted by atomic mass is 16.5. The van der Waals surface area contributed by atoms with Crippen molar-refractivity contribution in [1.29, 1.82) is 0 Å². The lowest BCUT2D eigenvalue weighted by atomic mass is 10.1. The lowest BCUT2D eigenvalue weighted by molar-refractivity contribution is -0.129. The SMILES string of the molecule is CNC(=O)C(C)N1CCOCC1CN. The Morgan fingerprint density at radius 2 is 2.50 bits per heavy atom. The average molecular weight is 201 g/mol. The lowest BCUT2D eigenvalue weighted by Crippen LogP contribution is -2.56. The maximum Gasteiger partial charge on any atom is 0.236 e. The minimum atomic E-state index is -0.127. The van der Waals surface area contributed by atoms with E-state index in [0.29, 0.717) is 19.8 Å². The van der Waals surface area contributed by atoms with Gasteiger partial charge in [-0.2, -0.15) is 0 Å². The Labute approximate surface area is 84.6 Å². The largest absolute Gasteiger partial charge is 0.378 e. The fraction of sp³-hybridized carbons (Fsp3) is 0.889. The second-order valence-corrected chi connectivity index (χ2v) is 3.49. The van der Waals surface area contributed by atoms with Gasteiger partial charge in [0.15, 0.2) is 0 Å². The minimum Gasteiger partial charge on any atom is -0.378 e. The second-order valence-electron chi connectivity index (χ2n) is 3.49. The minimum absolute atomic E-state index is 0.0327. The molecule has 0 bridgehead atoms. The smallest absolute Gasteiger partial charge is 0.236 e. The predicted molar refractivity (Wildman–Crippen MR) is 53.9 cm³/mol. The van der Waals surface area contributed by atoms with Gasteiger partial charge in [-0.15, -0.1) is 0 Å². The van der Waals surface area contributed by atoms with Crippen LogP contribution in [-0.2, 0) is 9.53 Å². The van der Waals surface area contributed by atoms with E-state index in [9.17, 15) is 4.79 Å². The summed E-state index contributed by atoms with van der Waals surface area (Å²) in [5.74, 6) is 0.0327. The molecule has 14 heavy (non-hydrogen) atoms. The molecule has 5 heteroatoms. The van der Waals surface area contributed by atoms with E-state index in [1.165, 1.54) is 0 Å². The monoisotopic (exact) mass is 201 g/mol. The van der Waals surface area contributed by atoms with Gasteiger partial charge < -0.3 is 15.8 Å². The number of carbonyl (C=O) groups is 1. The first-order chi connectivity index (χ1) is 6.70. The number of amides is 1. The van der Waals surface area contributed by atoms with Gasteiger partial charge in [-0.3, -0.25) is 9.69 Å². The summed E-state index contributed by atoms with van der Waals surface area (Å²) in [6, 6.07) is 0.0356. The van der Waals surface area contributed by atoms with Gasteiger partial charge in [-0.25, -0.2) is 0 Å². The first kappa shape index (κ1) is 11.4. The average Bonchev–Trinajstić information content (AvgIpc) is 2.26. The maximum absolute atomic E-state index is 11.4. The van der Waals surface area contributed by atoms with Crippen LogP contribution in [0, 0.1) is 0 Å². The molecule has 0 radical (unpaired) electrons. The van der Waals surface area contributed by atoms with E-state index in [-0.39, 0.29) is 18.0 Å². The molecule has 82 valence electrons. The molecule has 2 unspecified atom stereocenters. The fourth-order valence-corrected chi connectivity index (χ4v) is 1.74. The summed E-state index contributed by atoms with van der Waals surface area (Å²) in [6.07, 6.45) is 0. The van der Waals surface area contributed by atoms with E-state index in [1.54, 1.807) is 7.05 Å². The molecule has 0 saturated carbocycles. The zero-order valence-corrected chi connectivity index (χ0v) is 8.82. The third kappa shape index (κ3) is 2.43. The molecule has 0 aliphatic carbocycles. The predicted octanol–water partition coefficient (Wildman–Crippen LogP) is -1.22. The van der Waals surface area contributed by atoms with Crippen LogP contribution in [0.3, 0.4) is 0 Å². The van der Waals surface area contributed by atoms with E-state index in [4.69, 9.17) is 10.5 Å². The Morgan fingerprint density at radius 1 is 1.79 bits per heavy atom. The number of morpholine rings is 1. The van der Waals surface area contributed by atoms with Gasteiger partial charge in [0.1, 0.15) is 0 Å². The van der Waals surface area contributed by atoms with Gasteiger partial charge in [-0.1, -0.05) is 0 Å². The van der Waals surface area contributed by atoms with Crippen LogP contribution < -0.4 is 11.1 Å². The number of likely N-dealkylation sites (N-methyl/N-ethyl adjacent to an activating group) is 1. The third-order valence-electron chi connectivity index (χ3n) is 2.67. The van der Waals surface area contributed by atoms with Crippen molar-refractivity contribution in [2.45, 2.75) is 19.0 Å². The lowest BCUT2D eigenvalue weighted by Gasteiger charge is -2.38. The van der Waals surface area contributed by atoms with Gasteiger partial charge in [0.05, 0.1) is 19.3 Å². The first-order valence-electron chi connectivity index (χ1n) is 4.95. The number of hydrogen-bond donors (Lipinski definition) is 2. The molecule has 5 nitrogen and oxygen atoms in total. The normalized spacial score (nSPS) is 25.8. The molecule has 1 saturated heterocycles. The first-order valence-corrected chi connectivity index (χ1v) is 4.95. The molecule has 1 rings (SSSR count). The fourth-order valence-electron chi connectivity index (χ4n) is 1.74. The molecule has 2 atom stereocenters. The zero-order chi connectivity index (χ0) is 10.6. The highest BCUT2D eigenvalue weighted by Gasteiger charge is 2.29. The Balaban J connectivity index is 2.58. The van der Waals surface area contributed by atoms with Crippen LogP contribution in [0.15, 0.2) is 0 Å². The van der Waals surface area contributed by atoms with E-state index in [1.807, 2.05) is 6.92 Å². The zero-order valence-electron chi connectivity index (χ0n) is 8.82. The number of carbonyl (C=O) groups excluding carboxylic acids is 1. The van der Waals surface area contributed by atoms with Crippen LogP contribution in [-0.4, -0.2) is 56.2 Å². The van der Waals surface area contributed by atoms with Gasteiger partial charge in [0.2, 0.25) is 5.91 Å².